The zero-order valence-corrected chi connectivity index (χ0v) is 12.4. The van der Waals surface area contributed by atoms with Gasteiger partial charge in [-0.05, 0) is 41.8 Å². The van der Waals surface area contributed by atoms with Gasteiger partial charge in [-0.25, -0.2) is 0 Å². The van der Waals surface area contributed by atoms with Crippen LogP contribution in [-0.4, -0.2) is 0 Å². The van der Waals surface area contributed by atoms with E-state index in [0.29, 0.717) is 0 Å². The van der Waals surface area contributed by atoms with Gasteiger partial charge in [0.15, 0.2) is 0 Å². The van der Waals surface area contributed by atoms with Crippen molar-refractivity contribution in [2.45, 2.75) is 12.5 Å². The second kappa shape index (κ2) is 5.80. The average molecular weight is 355 g/mol. The van der Waals surface area contributed by atoms with Gasteiger partial charge in [-0.1, -0.05) is 56.1 Å². The highest BCUT2D eigenvalue weighted by Crippen LogP contribution is 2.20. The van der Waals surface area contributed by atoms with Crippen LogP contribution in [0.2, 0.25) is 0 Å². The van der Waals surface area contributed by atoms with Gasteiger partial charge in [0.1, 0.15) is 0 Å². The molecule has 1 atom stereocenters. The molecule has 2 aromatic carbocycles. The van der Waals surface area contributed by atoms with Crippen molar-refractivity contribution >= 4 is 31.9 Å². The zero-order chi connectivity index (χ0) is 12.3. The van der Waals surface area contributed by atoms with Crippen molar-refractivity contribution < 1.29 is 0 Å². The van der Waals surface area contributed by atoms with E-state index in [1.54, 1.807) is 0 Å². The summed E-state index contributed by atoms with van der Waals surface area (Å²) in [5, 5.41) is 0. The fraction of sp³-hybridized carbons (Fsp3) is 0.143. The van der Waals surface area contributed by atoms with Crippen molar-refractivity contribution in [1.29, 1.82) is 0 Å². The summed E-state index contributed by atoms with van der Waals surface area (Å²) in [7, 11) is 0. The van der Waals surface area contributed by atoms with Crippen LogP contribution in [0.4, 0.5) is 0 Å². The van der Waals surface area contributed by atoms with E-state index in [0.717, 1.165) is 20.9 Å². The minimum absolute atomic E-state index is 0.0393. The Balaban J connectivity index is 2.11. The summed E-state index contributed by atoms with van der Waals surface area (Å²) in [5.41, 5.74) is 8.60. The summed E-state index contributed by atoms with van der Waals surface area (Å²) in [6, 6.07) is 16.5. The van der Waals surface area contributed by atoms with Crippen molar-refractivity contribution in [3.63, 3.8) is 0 Å². The van der Waals surface area contributed by atoms with E-state index in [-0.39, 0.29) is 6.04 Å². The molecule has 3 heteroatoms. The smallest absolute Gasteiger partial charge is 0.0335 e. The molecule has 17 heavy (non-hydrogen) atoms. The Morgan fingerprint density at radius 3 is 2.29 bits per heavy atom. The standard InChI is InChI=1S/C14H13Br2N/c15-12-6-4-11(5-7-12)14(17)9-10-2-1-3-13(16)8-10/h1-8,14H,9,17H2. The molecular formula is C14H13Br2N. The highest BCUT2D eigenvalue weighted by Gasteiger charge is 2.07. The molecule has 0 heterocycles. The molecular weight excluding hydrogens is 342 g/mol. The van der Waals surface area contributed by atoms with Crippen LogP contribution in [0.15, 0.2) is 57.5 Å². The zero-order valence-electron chi connectivity index (χ0n) is 9.24. The van der Waals surface area contributed by atoms with Crippen LogP contribution >= 0.6 is 31.9 Å². The first-order valence-corrected chi connectivity index (χ1v) is 6.99. The van der Waals surface area contributed by atoms with Crippen molar-refractivity contribution in [3.05, 3.63) is 68.6 Å². The first-order chi connectivity index (χ1) is 8.15. The van der Waals surface area contributed by atoms with Gasteiger partial charge < -0.3 is 5.73 Å². The molecule has 0 radical (unpaired) electrons. The maximum atomic E-state index is 6.20. The maximum Gasteiger partial charge on any atom is 0.0335 e. The van der Waals surface area contributed by atoms with E-state index in [1.165, 1.54) is 5.56 Å². The molecule has 0 saturated heterocycles. The second-order valence-electron chi connectivity index (χ2n) is 3.99. The van der Waals surface area contributed by atoms with Crippen molar-refractivity contribution in [2.75, 3.05) is 0 Å². The molecule has 1 nitrogen and oxygen atoms in total. The molecule has 2 N–H and O–H groups in total. The molecule has 0 saturated carbocycles. The SMILES string of the molecule is NC(Cc1cccc(Br)c1)c1ccc(Br)cc1. The molecule has 0 aliphatic carbocycles. The summed E-state index contributed by atoms with van der Waals surface area (Å²) in [6.07, 6.45) is 0.848. The Hall–Kier alpha value is -0.640. The van der Waals surface area contributed by atoms with E-state index in [4.69, 9.17) is 5.73 Å². The Bertz CT molecular complexity index is 494. The van der Waals surface area contributed by atoms with Gasteiger partial charge in [0.2, 0.25) is 0 Å². The molecule has 0 spiro atoms. The predicted molar refractivity (Wildman–Crippen MR) is 78.9 cm³/mol. The van der Waals surface area contributed by atoms with Gasteiger partial charge >= 0.3 is 0 Å². The molecule has 2 aromatic rings. The fourth-order valence-corrected chi connectivity index (χ4v) is 2.46. The molecule has 2 rings (SSSR count). The van der Waals surface area contributed by atoms with Crippen molar-refractivity contribution in [3.8, 4) is 0 Å². The van der Waals surface area contributed by atoms with E-state index in [1.807, 2.05) is 24.3 Å². The van der Waals surface area contributed by atoms with E-state index < -0.39 is 0 Å². The highest BCUT2D eigenvalue weighted by atomic mass is 79.9. The summed E-state index contributed by atoms with van der Waals surface area (Å²) < 4.78 is 2.17. The minimum Gasteiger partial charge on any atom is -0.324 e. The first kappa shape index (κ1) is 12.8. The second-order valence-corrected chi connectivity index (χ2v) is 5.82. The number of halogens is 2. The third-order valence-corrected chi connectivity index (χ3v) is 3.66. The lowest BCUT2D eigenvalue weighted by Gasteiger charge is -2.12. The van der Waals surface area contributed by atoms with Crippen LogP contribution in [0.1, 0.15) is 17.2 Å². The third kappa shape index (κ3) is 3.66. The lowest BCUT2D eigenvalue weighted by atomic mass is 10.00. The van der Waals surface area contributed by atoms with E-state index in [9.17, 15) is 0 Å². The molecule has 0 bridgehead atoms. The van der Waals surface area contributed by atoms with Crippen LogP contribution in [0.3, 0.4) is 0 Å². The number of benzene rings is 2. The van der Waals surface area contributed by atoms with Gasteiger partial charge in [-0.15, -0.1) is 0 Å². The number of nitrogens with two attached hydrogens (primary N) is 1. The van der Waals surface area contributed by atoms with Crippen molar-refractivity contribution in [2.24, 2.45) is 5.73 Å². The lowest BCUT2D eigenvalue weighted by Crippen LogP contribution is -2.13. The summed E-state index contributed by atoms with van der Waals surface area (Å²) in [4.78, 5) is 0. The van der Waals surface area contributed by atoms with Crippen LogP contribution in [0.5, 0.6) is 0 Å². The summed E-state index contributed by atoms with van der Waals surface area (Å²) in [5.74, 6) is 0. The van der Waals surface area contributed by atoms with Gasteiger partial charge in [-0.3, -0.25) is 0 Å². The monoisotopic (exact) mass is 353 g/mol. The topological polar surface area (TPSA) is 26.0 Å². The maximum absolute atomic E-state index is 6.20. The van der Waals surface area contributed by atoms with E-state index in [2.05, 4.69) is 56.1 Å². The number of hydrogen-bond donors (Lipinski definition) is 1. The summed E-state index contributed by atoms with van der Waals surface area (Å²) >= 11 is 6.89. The third-order valence-electron chi connectivity index (χ3n) is 2.64. The fourth-order valence-electron chi connectivity index (χ4n) is 1.75. The highest BCUT2D eigenvalue weighted by molar-refractivity contribution is 9.10. The Labute approximate surface area is 118 Å². The average Bonchev–Trinajstić information content (AvgIpc) is 2.29. The molecule has 88 valence electrons. The van der Waals surface area contributed by atoms with Crippen LogP contribution in [0.25, 0.3) is 0 Å². The van der Waals surface area contributed by atoms with Gasteiger partial charge in [0, 0.05) is 15.0 Å². The quantitative estimate of drug-likeness (QED) is 0.865. The number of rotatable bonds is 3. The van der Waals surface area contributed by atoms with Crippen LogP contribution in [-0.2, 0) is 6.42 Å². The van der Waals surface area contributed by atoms with Gasteiger partial charge in [0.05, 0.1) is 0 Å². The largest absolute Gasteiger partial charge is 0.324 e. The molecule has 0 fully saturated rings. The van der Waals surface area contributed by atoms with Crippen LogP contribution in [0, 0.1) is 0 Å². The molecule has 0 aliphatic heterocycles. The molecule has 0 aromatic heterocycles. The van der Waals surface area contributed by atoms with Crippen LogP contribution < -0.4 is 5.73 Å². The lowest BCUT2D eigenvalue weighted by molar-refractivity contribution is 0.721. The van der Waals surface area contributed by atoms with E-state index >= 15 is 0 Å². The Kier molecular flexibility index (Phi) is 4.37. The van der Waals surface area contributed by atoms with Gasteiger partial charge in [-0.2, -0.15) is 0 Å². The van der Waals surface area contributed by atoms with Crippen molar-refractivity contribution in [1.82, 2.24) is 0 Å². The molecule has 0 aliphatic rings. The molecule has 1 unspecified atom stereocenters. The predicted octanol–water partition coefficient (Wildman–Crippen LogP) is 4.45. The first-order valence-electron chi connectivity index (χ1n) is 5.40. The molecule has 0 amide bonds. The Morgan fingerprint density at radius 1 is 0.941 bits per heavy atom. The minimum atomic E-state index is 0.0393. The number of hydrogen-bond acceptors (Lipinski definition) is 1. The normalized spacial score (nSPS) is 12.4. The van der Waals surface area contributed by atoms with Gasteiger partial charge in [0.25, 0.3) is 0 Å². The summed E-state index contributed by atoms with van der Waals surface area (Å²) in [6.45, 7) is 0. The Morgan fingerprint density at radius 2 is 1.65 bits per heavy atom.